The summed E-state index contributed by atoms with van der Waals surface area (Å²) < 4.78 is 26.9. The molecule has 2 fully saturated rings. The van der Waals surface area contributed by atoms with Crippen molar-refractivity contribution >= 4 is 29.2 Å². The van der Waals surface area contributed by atoms with Gasteiger partial charge in [0.1, 0.15) is 11.6 Å². The van der Waals surface area contributed by atoms with Gasteiger partial charge in [0.05, 0.1) is 46.5 Å². The number of aliphatic hydroxyl groups excluding tert-OH is 2. The first-order valence-corrected chi connectivity index (χ1v) is 14.3. The predicted octanol–water partition coefficient (Wildman–Crippen LogP) is 5.33. The van der Waals surface area contributed by atoms with Crippen LogP contribution in [0.3, 0.4) is 0 Å². The van der Waals surface area contributed by atoms with E-state index in [2.05, 4.69) is 11.6 Å². The maximum absolute atomic E-state index is 15.4. The lowest BCUT2D eigenvalue weighted by atomic mass is 9.71. The SMILES string of the molecule is C=CCCC1C(=O)C(C)(C)C(O)CC(=O)OC(C(F)=Cc2csc(C)n2)CC2OC2(C)CCCC(C)C1O. The summed E-state index contributed by atoms with van der Waals surface area (Å²) in [6, 6.07) is 0. The van der Waals surface area contributed by atoms with Gasteiger partial charge in [-0.2, -0.15) is 0 Å². The summed E-state index contributed by atoms with van der Waals surface area (Å²) >= 11 is 1.39. The lowest BCUT2D eigenvalue weighted by molar-refractivity contribution is -0.155. The number of aryl methyl sites for hydroxylation is 1. The first-order chi connectivity index (χ1) is 17.8. The van der Waals surface area contributed by atoms with E-state index in [1.165, 1.54) is 17.4 Å². The normalized spacial score (nSPS) is 35.3. The number of esters is 1. The van der Waals surface area contributed by atoms with Crippen LogP contribution in [0.4, 0.5) is 4.39 Å². The van der Waals surface area contributed by atoms with Crippen molar-refractivity contribution in [3.05, 3.63) is 34.6 Å². The van der Waals surface area contributed by atoms with Crippen LogP contribution in [-0.4, -0.2) is 57.0 Å². The molecule has 7 atom stereocenters. The number of carbonyl (C=O) groups is 2. The average molecular weight is 552 g/mol. The van der Waals surface area contributed by atoms with Crippen LogP contribution in [0.15, 0.2) is 23.9 Å². The van der Waals surface area contributed by atoms with Crippen LogP contribution in [-0.2, 0) is 19.1 Å². The van der Waals surface area contributed by atoms with Crippen molar-refractivity contribution in [2.75, 3.05) is 0 Å². The molecule has 0 radical (unpaired) electrons. The Morgan fingerprint density at radius 2 is 2.03 bits per heavy atom. The molecule has 38 heavy (non-hydrogen) atoms. The van der Waals surface area contributed by atoms with Gasteiger partial charge in [0, 0.05) is 17.7 Å². The molecule has 3 heterocycles. The second kappa shape index (κ2) is 12.5. The van der Waals surface area contributed by atoms with Crippen molar-refractivity contribution < 1.29 is 33.7 Å². The molecule has 7 unspecified atom stereocenters. The quantitative estimate of drug-likeness (QED) is 0.289. The molecule has 2 N–H and O–H groups in total. The smallest absolute Gasteiger partial charge is 0.309 e. The van der Waals surface area contributed by atoms with Crippen LogP contribution < -0.4 is 0 Å². The Balaban J connectivity index is 1.88. The molecule has 212 valence electrons. The van der Waals surface area contributed by atoms with Gasteiger partial charge in [-0.3, -0.25) is 9.59 Å². The first-order valence-electron chi connectivity index (χ1n) is 13.5. The largest absolute Gasteiger partial charge is 0.455 e. The third kappa shape index (κ3) is 7.37. The second-order valence-electron chi connectivity index (χ2n) is 11.6. The van der Waals surface area contributed by atoms with E-state index in [1.807, 2.05) is 20.8 Å². The minimum atomic E-state index is -1.37. The Morgan fingerprint density at radius 3 is 2.66 bits per heavy atom. The summed E-state index contributed by atoms with van der Waals surface area (Å²) in [5.74, 6) is -2.65. The monoisotopic (exact) mass is 551 g/mol. The van der Waals surface area contributed by atoms with E-state index in [0.29, 0.717) is 31.4 Å². The Kier molecular flexibility index (Phi) is 10.1. The molecular formula is C29H42FNO6S. The van der Waals surface area contributed by atoms with Gasteiger partial charge in [0.15, 0.2) is 6.10 Å². The van der Waals surface area contributed by atoms with Crippen molar-refractivity contribution in [3.63, 3.8) is 0 Å². The number of hydrogen-bond donors (Lipinski definition) is 2. The molecular weight excluding hydrogens is 509 g/mol. The van der Waals surface area contributed by atoms with E-state index in [-0.39, 0.29) is 24.2 Å². The van der Waals surface area contributed by atoms with E-state index in [9.17, 15) is 19.8 Å². The Labute approximate surface area is 229 Å². The number of hydrogen-bond acceptors (Lipinski definition) is 8. The number of rotatable bonds is 5. The number of aromatic nitrogens is 1. The van der Waals surface area contributed by atoms with Gasteiger partial charge in [-0.1, -0.05) is 33.3 Å². The summed E-state index contributed by atoms with van der Waals surface area (Å²) in [6.07, 6.45) is 1.90. The van der Waals surface area contributed by atoms with Crippen LogP contribution in [0.25, 0.3) is 6.08 Å². The Morgan fingerprint density at radius 1 is 1.32 bits per heavy atom. The summed E-state index contributed by atoms with van der Waals surface area (Å²) in [4.78, 5) is 30.8. The summed E-state index contributed by atoms with van der Waals surface area (Å²) in [7, 11) is 0. The minimum absolute atomic E-state index is 0.133. The number of cyclic esters (lactones) is 1. The molecule has 2 aliphatic rings. The summed E-state index contributed by atoms with van der Waals surface area (Å²) in [6.45, 7) is 12.6. The lowest BCUT2D eigenvalue weighted by Crippen LogP contribution is -2.46. The number of carbonyl (C=O) groups excluding carboxylic acids is 2. The molecule has 9 heteroatoms. The molecule has 0 spiro atoms. The summed E-state index contributed by atoms with van der Waals surface area (Å²) in [5.41, 5.74) is -1.37. The van der Waals surface area contributed by atoms with Gasteiger partial charge in [-0.15, -0.1) is 17.9 Å². The molecule has 1 aromatic rings. The fourth-order valence-corrected chi connectivity index (χ4v) is 5.83. The highest BCUT2D eigenvalue weighted by Crippen LogP contribution is 2.45. The van der Waals surface area contributed by atoms with Crippen LogP contribution in [0.2, 0.25) is 0 Å². The van der Waals surface area contributed by atoms with Crippen LogP contribution in [0.5, 0.6) is 0 Å². The minimum Gasteiger partial charge on any atom is -0.455 e. The van der Waals surface area contributed by atoms with E-state index >= 15 is 4.39 Å². The number of ether oxygens (including phenoxy) is 2. The number of thiazole rings is 1. The number of fused-ring (bicyclic) bond motifs is 1. The lowest BCUT2D eigenvalue weighted by Gasteiger charge is -2.36. The van der Waals surface area contributed by atoms with Gasteiger partial charge in [0.2, 0.25) is 0 Å². The van der Waals surface area contributed by atoms with Crippen molar-refractivity contribution in [2.24, 2.45) is 17.3 Å². The van der Waals surface area contributed by atoms with E-state index < -0.39 is 53.5 Å². The third-order valence-electron chi connectivity index (χ3n) is 8.14. The van der Waals surface area contributed by atoms with Crippen LogP contribution in [0.1, 0.15) is 83.3 Å². The molecule has 2 saturated heterocycles. The zero-order valence-electron chi connectivity index (χ0n) is 23.1. The fraction of sp³-hybridized carbons (Fsp3) is 0.690. The van der Waals surface area contributed by atoms with Gasteiger partial charge in [-0.05, 0) is 51.5 Å². The number of aliphatic hydroxyl groups is 2. The number of ketones is 1. The Hall–Kier alpha value is -1.94. The maximum Gasteiger partial charge on any atom is 0.309 e. The van der Waals surface area contributed by atoms with Gasteiger partial charge < -0.3 is 19.7 Å². The molecule has 3 rings (SSSR count). The molecule has 1 aromatic heterocycles. The van der Waals surface area contributed by atoms with E-state index in [4.69, 9.17) is 9.47 Å². The Bertz CT molecular complexity index is 1040. The highest BCUT2D eigenvalue weighted by molar-refractivity contribution is 7.09. The first kappa shape index (κ1) is 30.6. The molecule has 2 aliphatic heterocycles. The molecule has 0 amide bonds. The highest BCUT2D eigenvalue weighted by Gasteiger charge is 2.53. The predicted molar refractivity (Wildman–Crippen MR) is 145 cm³/mol. The number of epoxide rings is 1. The second-order valence-corrected chi connectivity index (χ2v) is 12.7. The topological polar surface area (TPSA) is 109 Å². The third-order valence-corrected chi connectivity index (χ3v) is 8.93. The van der Waals surface area contributed by atoms with Gasteiger partial charge >= 0.3 is 5.97 Å². The van der Waals surface area contributed by atoms with Crippen molar-refractivity contribution in [3.8, 4) is 0 Å². The molecule has 0 aliphatic carbocycles. The number of allylic oxidation sites excluding steroid dienone is 1. The molecule has 0 aromatic carbocycles. The highest BCUT2D eigenvalue weighted by atomic mass is 32.1. The van der Waals surface area contributed by atoms with Crippen molar-refractivity contribution in [1.29, 1.82) is 0 Å². The number of Topliss-reactive ketones (excluding diaryl/α,β-unsaturated/α-hetero) is 1. The van der Waals surface area contributed by atoms with E-state index in [1.54, 1.807) is 25.3 Å². The zero-order valence-corrected chi connectivity index (χ0v) is 23.9. The van der Waals surface area contributed by atoms with Crippen molar-refractivity contribution in [1.82, 2.24) is 4.98 Å². The number of nitrogens with zero attached hydrogens (tertiary/aromatic N) is 1. The average Bonchev–Trinajstić information content (AvgIpc) is 3.29. The van der Waals surface area contributed by atoms with Crippen LogP contribution >= 0.6 is 11.3 Å². The van der Waals surface area contributed by atoms with Crippen LogP contribution in [0, 0.1) is 24.2 Å². The van der Waals surface area contributed by atoms with Crippen molar-refractivity contribution in [2.45, 2.75) is 110 Å². The zero-order chi connectivity index (χ0) is 28.3. The van der Waals surface area contributed by atoms with E-state index in [0.717, 1.165) is 11.4 Å². The molecule has 0 bridgehead atoms. The standard InChI is InChI=1S/C29H42FNO6S/c1-7-8-11-20-26(34)17(2)10-9-12-29(6)24(37-29)14-22(21(30)13-19-16-38-18(3)31-19)36-25(33)15-23(32)28(4,5)27(20)35/h7,13,16-17,20,22-24,26,32,34H,1,8-12,14-15H2,2-6H3. The fourth-order valence-electron chi connectivity index (χ4n) is 5.26. The molecule has 0 saturated carbocycles. The van der Waals surface area contributed by atoms with Gasteiger partial charge in [-0.25, -0.2) is 9.37 Å². The molecule has 7 nitrogen and oxygen atoms in total. The maximum atomic E-state index is 15.4. The number of halogens is 1. The summed E-state index contributed by atoms with van der Waals surface area (Å²) in [5, 5.41) is 24.7. The van der Waals surface area contributed by atoms with Gasteiger partial charge in [0.25, 0.3) is 0 Å².